The Morgan fingerprint density at radius 3 is 2.71 bits per heavy atom. The van der Waals surface area contributed by atoms with Crippen molar-refractivity contribution < 1.29 is 4.42 Å². The van der Waals surface area contributed by atoms with Gasteiger partial charge in [-0.3, -0.25) is 0 Å². The summed E-state index contributed by atoms with van der Waals surface area (Å²) in [6, 6.07) is 12.1. The van der Waals surface area contributed by atoms with Crippen molar-refractivity contribution in [1.29, 1.82) is 0 Å². The Bertz CT molecular complexity index is 392. The third kappa shape index (κ3) is 1.96. The van der Waals surface area contributed by atoms with E-state index in [1.807, 2.05) is 24.3 Å². The molecule has 0 amide bonds. The van der Waals surface area contributed by atoms with Crippen molar-refractivity contribution in [3.63, 3.8) is 0 Å². The molecule has 0 aliphatic rings. The first kappa shape index (κ1) is 8.88. The fraction of sp³-hybridized carbons (Fsp3) is 0.167. The van der Waals surface area contributed by atoms with Gasteiger partial charge in [0.15, 0.2) is 0 Å². The maximum absolute atomic E-state index is 5.23. The minimum absolute atomic E-state index is 0.734. The Hall–Kier alpha value is -1.70. The predicted molar refractivity (Wildman–Crippen MR) is 57.2 cm³/mol. The van der Waals surface area contributed by atoms with Gasteiger partial charge in [-0.15, -0.1) is 0 Å². The molecule has 0 fully saturated rings. The Labute approximate surface area is 83.6 Å². The van der Waals surface area contributed by atoms with Crippen LogP contribution in [0.1, 0.15) is 11.3 Å². The number of para-hydroxylation sites is 1. The molecule has 0 bridgehead atoms. The predicted octanol–water partition coefficient (Wildman–Crippen LogP) is 3.20. The zero-order valence-electron chi connectivity index (χ0n) is 8.16. The van der Waals surface area contributed by atoms with Crippen LogP contribution in [0.4, 0.5) is 5.69 Å². The maximum Gasteiger partial charge on any atom is 0.122 e. The highest BCUT2D eigenvalue weighted by Gasteiger charge is 1.97. The zero-order valence-corrected chi connectivity index (χ0v) is 8.16. The molecule has 1 heterocycles. The van der Waals surface area contributed by atoms with Crippen molar-refractivity contribution in [1.82, 2.24) is 0 Å². The van der Waals surface area contributed by atoms with Crippen molar-refractivity contribution in [2.45, 2.75) is 13.5 Å². The molecule has 2 aromatic rings. The second-order valence-corrected chi connectivity index (χ2v) is 3.25. The molecule has 0 aliphatic carbocycles. The lowest BCUT2D eigenvalue weighted by atomic mass is 10.2. The summed E-state index contributed by atoms with van der Waals surface area (Å²) in [4.78, 5) is 0. The van der Waals surface area contributed by atoms with E-state index in [1.54, 1.807) is 6.26 Å². The lowest BCUT2D eigenvalue weighted by molar-refractivity contribution is 0.518. The molecule has 0 radical (unpaired) electrons. The molecule has 2 rings (SSSR count). The molecule has 0 spiro atoms. The van der Waals surface area contributed by atoms with Gasteiger partial charge in [-0.1, -0.05) is 18.2 Å². The van der Waals surface area contributed by atoms with Gasteiger partial charge in [0.2, 0.25) is 0 Å². The fourth-order valence-electron chi connectivity index (χ4n) is 1.37. The van der Waals surface area contributed by atoms with Crippen molar-refractivity contribution >= 4 is 5.69 Å². The number of nitrogens with one attached hydrogen (secondary N) is 1. The van der Waals surface area contributed by atoms with E-state index in [0.717, 1.165) is 18.0 Å². The summed E-state index contributed by atoms with van der Waals surface area (Å²) < 4.78 is 5.23. The lowest BCUT2D eigenvalue weighted by Gasteiger charge is -2.06. The van der Waals surface area contributed by atoms with E-state index in [1.165, 1.54) is 5.56 Å². The summed E-state index contributed by atoms with van der Waals surface area (Å²) in [5, 5.41) is 3.32. The highest BCUT2D eigenvalue weighted by atomic mass is 16.3. The molecular weight excluding hydrogens is 174 g/mol. The molecule has 2 nitrogen and oxygen atoms in total. The van der Waals surface area contributed by atoms with Gasteiger partial charge in [-0.2, -0.15) is 0 Å². The van der Waals surface area contributed by atoms with Crippen LogP contribution in [-0.4, -0.2) is 0 Å². The normalized spacial score (nSPS) is 10.1. The first-order valence-electron chi connectivity index (χ1n) is 4.68. The van der Waals surface area contributed by atoms with Gasteiger partial charge in [-0.25, -0.2) is 0 Å². The quantitative estimate of drug-likeness (QED) is 0.798. The minimum atomic E-state index is 0.734. The number of rotatable bonds is 3. The van der Waals surface area contributed by atoms with Crippen LogP contribution in [0.3, 0.4) is 0 Å². The molecule has 1 aromatic carbocycles. The van der Waals surface area contributed by atoms with E-state index in [0.29, 0.717) is 0 Å². The standard InChI is InChI=1S/C12H13NO/c1-10-5-2-3-7-12(10)13-9-11-6-4-8-14-11/h2-8,13H,9H2,1H3. The average Bonchev–Trinajstić information content (AvgIpc) is 2.69. The highest BCUT2D eigenvalue weighted by Crippen LogP contribution is 2.14. The number of hydrogen-bond donors (Lipinski definition) is 1. The molecule has 72 valence electrons. The summed E-state index contributed by atoms with van der Waals surface area (Å²) >= 11 is 0. The van der Waals surface area contributed by atoms with Crippen LogP contribution in [0.15, 0.2) is 47.1 Å². The molecule has 14 heavy (non-hydrogen) atoms. The lowest BCUT2D eigenvalue weighted by Crippen LogP contribution is -1.99. The molecule has 0 atom stereocenters. The molecule has 0 saturated heterocycles. The van der Waals surface area contributed by atoms with E-state index < -0.39 is 0 Å². The highest BCUT2D eigenvalue weighted by molar-refractivity contribution is 5.50. The Morgan fingerprint density at radius 1 is 1.14 bits per heavy atom. The van der Waals surface area contributed by atoms with Crippen LogP contribution in [0.2, 0.25) is 0 Å². The Morgan fingerprint density at radius 2 is 2.00 bits per heavy atom. The van der Waals surface area contributed by atoms with Crippen molar-refractivity contribution in [2.75, 3.05) is 5.32 Å². The number of aryl methyl sites for hydroxylation is 1. The van der Waals surface area contributed by atoms with Gasteiger partial charge in [0.05, 0.1) is 12.8 Å². The average molecular weight is 187 g/mol. The molecule has 1 aromatic heterocycles. The smallest absolute Gasteiger partial charge is 0.122 e. The molecule has 2 heteroatoms. The van der Waals surface area contributed by atoms with E-state index >= 15 is 0 Å². The number of hydrogen-bond acceptors (Lipinski definition) is 2. The van der Waals surface area contributed by atoms with E-state index in [-0.39, 0.29) is 0 Å². The fourth-order valence-corrected chi connectivity index (χ4v) is 1.37. The van der Waals surface area contributed by atoms with Gasteiger partial charge in [-0.05, 0) is 30.7 Å². The second-order valence-electron chi connectivity index (χ2n) is 3.25. The van der Waals surface area contributed by atoms with Crippen molar-refractivity contribution in [2.24, 2.45) is 0 Å². The largest absolute Gasteiger partial charge is 0.467 e. The first-order chi connectivity index (χ1) is 6.86. The summed E-state index contributed by atoms with van der Waals surface area (Å²) in [7, 11) is 0. The third-order valence-electron chi connectivity index (χ3n) is 2.18. The maximum atomic E-state index is 5.23. The zero-order chi connectivity index (χ0) is 9.80. The van der Waals surface area contributed by atoms with Gasteiger partial charge >= 0.3 is 0 Å². The van der Waals surface area contributed by atoms with E-state index in [4.69, 9.17) is 4.42 Å². The van der Waals surface area contributed by atoms with Crippen LogP contribution in [-0.2, 0) is 6.54 Å². The van der Waals surface area contributed by atoms with Crippen LogP contribution in [0, 0.1) is 6.92 Å². The molecular formula is C12H13NO. The number of furan rings is 1. The Balaban J connectivity index is 2.02. The minimum Gasteiger partial charge on any atom is -0.467 e. The topological polar surface area (TPSA) is 25.2 Å². The van der Waals surface area contributed by atoms with Gasteiger partial charge in [0.1, 0.15) is 5.76 Å². The van der Waals surface area contributed by atoms with Gasteiger partial charge in [0, 0.05) is 5.69 Å². The van der Waals surface area contributed by atoms with Crippen molar-refractivity contribution in [3.05, 3.63) is 54.0 Å². The summed E-state index contributed by atoms with van der Waals surface area (Å²) in [6.07, 6.45) is 1.69. The molecule has 1 N–H and O–H groups in total. The molecule has 0 unspecified atom stereocenters. The van der Waals surface area contributed by atoms with Crippen LogP contribution < -0.4 is 5.32 Å². The van der Waals surface area contributed by atoms with E-state index in [9.17, 15) is 0 Å². The third-order valence-corrected chi connectivity index (χ3v) is 2.18. The van der Waals surface area contributed by atoms with Crippen LogP contribution >= 0.6 is 0 Å². The SMILES string of the molecule is Cc1ccccc1NCc1ccco1. The van der Waals surface area contributed by atoms with Gasteiger partial charge in [0.25, 0.3) is 0 Å². The molecule has 0 saturated carbocycles. The van der Waals surface area contributed by atoms with Crippen LogP contribution in [0.25, 0.3) is 0 Å². The Kier molecular flexibility index (Phi) is 2.54. The van der Waals surface area contributed by atoms with Crippen LogP contribution in [0.5, 0.6) is 0 Å². The van der Waals surface area contributed by atoms with Crippen molar-refractivity contribution in [3.8, 4) is 0 Å². The number of anilines is 1. The van der Waals surface area contributed by atoms with E-state index in [2.05, 4.69) is 24.4 Å². The molecule has 0 aliphatic heterocycles. The van der Waals surface area contributed by atoms with Gasteiger partial charge < -0.3 is 9.73 Å². The second kappa shape index (κ2) is 4.01. The first-order valence-corrected chi connectivity index (χ1v) is 4.68. The monoisotopic (exact) mass is 187 g/mol. The summed E-state index contributed by atoms with van der Waals surface area (Å²) in [6.45, 7) is 2.82. The summed E-state index contributed by atoms with van der Waals surface area (Å²) in [5.41, 5.74) is 2.41. The number of benzene rings is 1. The summed E-state index contributed by atoms with van der Waals surface area (Å²) in [5.74, 6) is 0.952.